The standard InChI is InChI=1S/C16H17NO2/c1-2-11-7-6-10-13-14(11)16(19)17(15(13)18)12-8-4-3-5-9-12/h3-9,11,13-14H,2,10H2,1H3/t11-,13?,14-/m1/s1. The fourth-order valence-corrected chi connectivity index (χ4v) is 3.22. The minimum atomic E-state index is -0.164. The fourth-order valence-electron chi connectivity index (χ4n) is 3.22. The number of para-hydroxylation sites is 1. The molecule has 1 aromatic rings. The molecule has 1 aliphatic heterocycles. The minimum absolute atomic E-state index is 0.0302. The van der Waals surface area contributed by atoms with Crippen molar-refractivity contribution < 1.29 is 9.59 Å². The first-order valence-corrected chi connectivity index (χ1v) is 6.83. The third-order valence-corrected chi connectivity index (χ3v) is 4.20. The van der Waals surface area contributed by atoms with E-state index >= 15 is 0 Å². The molecule has 2 aliphatic rings. The zero-order valence-corrected chi connectivity index (χ0v) is 11.0. The number of benzene rings is 1. The number of imide groups is 1. The van der Waals surface area contributed by atoms with Crippen molar-refractivity contribution in [1.29, 1.82) is 0 Å². The second-order valence-electron chi connectivity index (χ2n) is 5.22. The van der Waals surface area contributed by atoms with Crippen molar-refractivity contribution in [1.82, 2.24) is 0 Å². The maximum absolute atomic E-state index is 12.6. The van der Waals surface area contributed by atoms with Gasteiger partial charge in [0, 0.05) is 0 Å². The topological polar surface area (TPSA) is 37.4 Å². The average Bonchev–Trinajstić information content (AvgIpc) is 2.72. The van der Waals surface area contributed by atoms with E-state index in [2.05, 4.69) is 19.1 Å². The van der Waals surface area contributed by atoms with E-state index < -0.39 is 0 Å². The lowest BCUT2D eigenvalue weighted by atomic mass is 9.76. The Kier molecular flexibility index (Phi) is 2.97. The summed E-state index contributed by atoms with van der Waals surface area (Å²) in [4.78, 5) is 26.5. The normalized spacial score (nSPS) is 29.7. The quantitative estimate of drug-likeness (QED) is 0.602. The van der Waals surface area contributed by atoms with Crippen LogP contribution >= 0.6 is 0 Å². The number of nitrogens with zero attached hydrogens (tertiary/aromatic N) is 1. The largest absolute Gasteiger partial charge is 0.274 e. The van der Waals surface area contributed by atoms with Gasteiger partial charge in [-0.05, 0) is 30.9 Å². The molecule has 1 unspecified atom stereocenters. The van der Waals surface area contributed by atoms with Gasteiger partial charge in [0.2, 0.25) is 11.8 Å². The zero-order chi connectivity index (χ0) is 13.4. The molecule has 3 rings (SSSR count). The Balaban J connectivity index is 1.99. The van der Waals surface area contributed by atoms with Gasteiger partial charge in [-0.2, -0.15) is 0 Å². The molecule has 0 bridgehead atoms. The molecule has 0 radical (unpaired) electrons. The van der Waals surface area contributed by atoms with E-state index in [4.69, 9.17) is 0 Å². The monoisotopic (exact) mass is 255 g/mol. The Morgan fingerprint density at radius 1 is 1.16 bits per heavy atom. The Hall–Kier alpha value is -1.90. The van der Waals surface area contributed by atoms with Crippen LogP contribution in [0.3, 0.4) is 0 Å². The van der Waals surface area contributed by atoms with Crippen molar-refractivity contribution in [3.63, 3.8) is 0 Å². The molecule has 0 aromatic heterocycles. The van der Waals surface area contributed by atoms with E-state index in [1.165, 1.54) is 4.90 Å². The highest BCUT2D eigenvalue weighted by Gasteiger charge is 2.50. The van der Waals surface area contributed by atoms with Gasteiger partial charge in [0.15, 0.2) is 0 Å². The fraction of sp³-hybridized carbons (Fsp3) is 0.375. The number of carbonyl (C=O) groups excluding carboxylic acids is 2. The Labute approximate surface area is 112 Å². The molecule has 1 fully saturated rings. The van der Waals surface area contributed by atoms with Crippen LogP contribution < -0.4 is 4.90 Å². The number of amides is 2. The molecule has 0 N–H and O–H groups in total. The lowest BCUT2D eigenvalue weighted by molar-refractivity contribution is -0.122. The van der Waals surface area contributed by atoms with Gasteiger partial charge in [0.25, 0.3) is 0 Å². The van der Waals surface area contributed by atoms with Gasteiger partial charge in [-0.25, -0.2) is 0 Å². The molecule has 3 nitrogen and oxygen atoms in total. The number of anilines is 1. The van der Waals surface area contributed by atoms with Crippen LogP contribution in [0.4, 0.5) is 5.69 Å². The van der Waals surface area contributed by atoms with E-state index in [9.17, 15) is 9.59 Å². The molecule has 2 amide bonds. The average molecular weight is 255 g/mol. The first-order valence-electron chi connectivity index (χ1n) is 6.83. The molecule has 1 aliphatic carbocycles. The van der Waals surface area contributed by atoms with Gasteiger partial charge >= 0.3 is 0 Å². The van der Waals surface area contributed by atoms with Gasteiger partial charge in [-0.1, -0.05) is 37.3 Å². The van der Waals surface area contributed by atoms with E-state index in [1.54, 1.807) is 0 Å². The third-order valence-electron chi connectivity index (χ3n) is 4.20. The maximum atomic E-state index is 12.6. The summed E-state index contributed by atoms with van der Waals surface area (Å²) in [5.74, 6) is -0.198. The van der Waals surface area contributed by atoms with E-state index in [-0.39, 0.29) is 29.6 Å². The summed E-state index contributed by atoms with van der Waals surface area (Å²) in [6, 6.07) is 9.24. The summed E-state index contributed by atoms with van der Waals surface area (Å²) < 4.78 is 0. The Morgan fingerprint density at radius 3 is 2.58 bits per heavy atom. The van der Waals surface area contributed by atoms with Gasteiger partial charge in [-0.3, -0.25) is 14.5 Å². The second-order valence-corrected chi connectivity index (χ2v) is 5.22. The molecule has 3 heteroatoms. The van der Waals surface area contributed by atoms with Crippen LogP contribution in [0.15, 0.2) is 42.5 Å². The maximum Gasteiger partial charge on any atom is 0.238 e. The van der Waals surface area contributed by atoms with Gasteiger partial charge in [0.05, 0.1) is 17.5 Å². The van der Waals surface area contributed by atoms with Crippen molar-refractivity contribution >= 4 is 17.5 Å². The van der Waals surface area contributed by atoms with Crippen molar-refractivity contribution in [2.24, 2.45) is 17.8 Å². The van der Waals surface area contributed by atoms with Gasteiger partial charge in [-0.15, -0.1) is 0 Å². The number of fused-ring (bicyclic) bond motifs is 1. The number of carbonyl (C=O) groups is 2. The van der Waals surface area contributed by atoms with Crippen LogP contribution in [0.2, 0.25) is 0 Å². The molecular weight excluding hydrogens is 238 g/mol. The summed E-state index contributed by atoms with van der Waals surface area (Å²) in [5.41, 5.74) is 0.696. The van der Waals surface area contributed by atoms with E-state index in [1.807, 2.05) is 30.3 Å². The van der Waals surface area contributed by atoms with Crippen LogP contribution in [0.25, 0.3) is 0 Å². The predicted octanol–water partition coefficient (Wildman–Crippen LogP) is 2.78. The first-order chi connectivity index (χ1) is 9.24. The molecule has 0 spiro atoms. The first kappa shape index (κ1) is 12.2. The molecule has 98 valence electrons. The SMILES string of the molecule is CC[C@@H]1C=CCC2C(=O)N(c3ccccc3)C(=O)[C@@H]21. The summed E-state index contributed by atoms with van der Waals surface area (Å²) in [7, 11) is 0. The number of hydrogen-bond acceptors (Lipinski definition) is 2. The van der Waals surface area contributed by atoms with Crippen molar-refractivity contribution in [3.8, 4) is 0 Å². The van der Waals surface area contributed by atoms with Crippen LogP contribution in [-0.2, 0) is 9.59 Å². The highest BCUT2D eigenvalue weighted by atomic mass is 16.2. The molecule has 0 saturated carbocycles. The summed E-state index contributed by atoms with van der Waals surface area (Å²) in [6.45, 7) is 2.07. The predicted molar refractivity (Wildman–Crippen MR) is 73.5 cm³/mol. The Morgan fingerprint density at radius 2 is 1.89 bits per heavy atom. The number of allylic oxidation sites excluding steroid dienone is 2. The second kappa shape index (κ2) is 4.65. The highest BCUT2D eigenvalue weighted by Crippen LogP contribution is 2.41. The third kappa shape index (κ3) is 1.81. The summed E-state index contributed by atoms with van der Waals surface area (Å²) in [6.07, 6.45) is 5.74. The summed E-state index contributed by atoms with van der Waals surface area (Å²) in [5, 5.41) is 0. The van der Waals surface area contributed by atoms with Gasteiger partial charge in [0.1, 0.15) is 0 Å². The molecular formula is C16H17NO2. The lowest BCUT2D eigenvalue weighted by Gasteiger charge is -2.24. The van der Waals surface area contributed by atoms with Crippen molar-refractivity contribution in [3.05, 3.63) is 42.5 Å². The van der Waals surface area contributed by atoms with E-state index in [0.29, 0.717) is 12.1 Å². The smallest absolute Gasteiger partial charge is 0.238 e. The van der Waals surface area contributed by atoms with Crippen LogP contribution in [0.1, 0.15) is 19.8 Å². The van der Waals surface area contributed by atoms with E-state index in [0.717, 1.165) is 6.42 Å². The number of hydrogen-bond donors (Lipinski definition) is 0. The minimum Gasteiger partial charge on any atom is -0.274 e. The van der Waals surface area contributed by atoms with Crippen molar-refractivity contribution in [2.45, 2.75) is 19.8 Å². The molecule has 3 atom stereocenters. The zero-order valence-electron chi connectivity index (χ0n) is 11.0. The van der Waals surface area contributed by atoms with Crippen LogP contribution in [0, 0.1) is 17.8 Å². The lowest BCUT2D eigenvalue weighted by Crippen LogP contribution is -2.31. The van der Waals surface area contributed by atoms with Crippen molar-refractivity contribution in [2.75, 3.05) is 4.90 Å². The van der Waals surface area contributed by atoms with Gasteiger partial charge < -0.3 is 0 Å². The highest BCUT2D eigenvalue weighted by molar-refractivity contribution is 6.22. The number of rotatable bonds is 2. The molecule has 1 saturated heterocycles. The van der Waals surface area contributed by atoms with Crippen LogP contribution in [-0.4, -0.2) is 11.8 Å². The molecule has 1 heterocycles. The van der Waals surface area contributed by atoms with Crippen LogP contribution in [0.5, 0.6) is 0 Å². The summed E-state index contributed by atoms with van der Waals surface area (Å²) >= 11 is 0. The Bertz CT molecular complexity index is 535. The molecule has 19 heavy (non-hydrogen) atoms. The molecule has 1 aromatic carbocycles.